The third-order valence-corrected chi connectivity index (χ3v) is 2.67. The van der Waals surface area contributed by atoms with Crippen molar-refractivity contribution in [1.29, 1.82) is 0 Å². The van der Waals surface area contributed by atoms with Crippen molar-refractivity contribution < 1.29 is 4.39 Å². The summed E-state index contributed by atoms with van der Waals surface area (Å²) >= 11 is 6.31. The molecule has 0 unspecified atom stereocenters. The van der Waals surface area contributed by atoms with Gasteiger partial charge < -0.3 is 5.73 Å². The zero-order valence-corrected chi connectivity index (χ0v) is 8.84. The fourth-order valence-corrected chi connectivity index (χ4v) is 2.13. The van der Waals surface area contributed by atoms with Crippen LogP contribution in [0.3, 0.4) is 0 Å². The number of halogens is 1. The molecular weight excluding hydrogens is 205 g/mol. The van der Waals surface area contributed by atoms with Gasteiger partial charge in [-0.05, 0) is 17.9 Å². The molecule has 1 aromatic rings. The normalized spacial score (nSPS) is 10.0. The van der Waals surface area contributed by atoms with Gasteiger partial charge in [0.1, 0.15) is 10.8 Å². The molecule has 0 fully saturated rings. The van der Waals surface area contributed by atoms with Gasteiger partial charge in [-0.1, -0.05) is 25.2 Å². The van der Waals surface area contributed by atoms with E-state index in [-0.39, 0.29) is 10.8 Å². The van der Waals surface area contributed by atoms with Crippen LogP contribution in [-0.2, 0) is 0 Å². The first-order valence-corrected chi connectivity index (χ1v) is 5.27. The molecule has 1 aromatic carbocycles. The average Bonchev–Trinajstić information content (AvgIpc) is 2.04. The number of hydrogen-bond acceptors (Lipinski definition) is 2. The predicted molar refractivity (Wildman–Crippen MR) is 58.7 cm³/mol. The Labute approximate surface area is 86.5 Å². The molecule has 2 N–H and O–H groups in total. The standard InChI is InChI=1S/C9H10FNS2/c1-2-13-7-5-3-4-6(10)8(7)9(11)12/h3-5H,2H2,1H3,(H2,11,12). The summed E-state index contributed by atoms with van der Waals surface area (Å²) in [5.74, 6) is 0.532. The number of hydrogen-bond donors (Lipinski definition) is 1. The highest BCUT2D eigenvalue weighted by atomic mass is 32.2. The molecule has 70 valence electrons. The van der Waals surface area contributed by atoms with E-state index in [0.717, 1.165) is 10.6 Å². The van der Waals surface area contributed by atoms with E-state index >= 15 is 0 Å². The number of nitrogens with two attached hydrogens (primary N) is 1. The highest BCUT2D eigenvalue weighted by Gasteiger charge is 2.10. The second-order valence-corrected chi connectivity index (χ2v) is 4.16. The molecule has 0 spiro atoms. The third kappa shape index (κ3) is 2.42. The second-order valence-electron chi connectivity index (χ2n) is 2.41. The second kappa shape index (κ2) is 4.58. The van der Waals surface area contributed by atoms with Gasteiger partial charge in [0.25, 0.3) is 0 Å². The summed E-state index contributed by atoms with van der Waals surface area (Å²) in [7, 11) is 0. The molecule has 0 bridgehead atoms. The van der Waals surface area contributed by atoms with E-state index in [1.165, 1.54) is 17.8 Å². The van der Waals surface area contributed by atoms with E-state index in [0.29, 0.717) is 5.56 Å². The van der Waals surface area contributed by atoms with Gasteiger partial charge in [0.2, 0.25) is 0 Å². The van der Waals surface area contributed by atoms with Crippen LogP contribution in [0.25, 0.3) is 0 Å². The Bertz CT molecular complexity index is 325. The van der Waals surface area contributed by atoms with E-state index in [1.54, 1.807) is 6.07 Å². The summed E-state index contributed by atoms with van der Waals surface area (Å²) in [4.78, 5) is 0.934. The van der Waals surface area contributed by atoms with E-state index in [1.807, 2.05) is 13.0 Å². The molecule has 1 rings (SSSR count). The van der Waals surface area contributed by atoms with Gasteiger partial charge in [-0.25, -0.2) is 4.39 Å². The highest BCUT2D eigenvalue weighted by Crippen LogP contribution is 2.24. The lowest BCUT2D eigenvalue weighted by Crippen LogP contribution is -2.13. The van der Waals surface area contributed by atoms with Gasteiger partial charge >= 0.3 is 0 Å². The monoisotopic (exact) mass is 215 g/mol. The zero-order chi connectivity index (χ0) is 9.84. The fraction of sp³-hybridized carbons (Fsp3) is 0.222. The Morgan fingerprint density at radius 3 is 2.85 bits per heavy atom. The lowest BCUT2D eigenvalue weighted by atomic mass is 10.2. The Balaban J connectivity index is 3.17. The summed E-state index contributed by atoms with van der Waals surface area (Å²) in [5, 5.41) is 0. The lowest BCUT2D eigenvalue weighted by Gasteiger charge is -2.06. The van der Waals surface area contributed by atoms with Crippen LogP contribution in [0, 0.1) is 5.82 Å². The highest BCUT2D eigenvalue weighted by molar-refractivity contribution is 7.99. The van der Waals surface area contributed by atoms with E-state index in [2.05, 4.69) is 0 Å². The fourth-order valence-electron chi connectivity index (χ4n) is 1.02. The Hall–Kier alpha value is -0.610. The summed E-state index contributed by atoms with van der Waals surface area (Å²) in [5.41, 5.74) is 5.79. The summed E-state index contributed by atoms with van der Waals surface area (Å²) in [6.45, 7) is 2.00. The molecule has 0 heterocycles. The van der Waals surface area contributed by atoms with Gasteiger partial charge in [0.15, 0.2) is 0 Å². The third-order valence-electron chi connectivity index (χ3n) is 1.52. The van der Waals surface area contributed by atoms with Crippen molar-refractivity contribution in [2.24, 2.45) is 5.73 Å². The first kappa shape index (κ1) is 10.5. The lowest BCUT2D eigenvalue weighted by molar-refractivity contribution is 0.621. The molecule has 4 heteroatoms. The maximum absolute atomic E-state index is 13.2. The predicted octanol–water partition coefficient (Wildman–Crippen LogP) is 2.57. The van der Waals surface area contributed by atoms with Crippen molar-refractivity contribution in [3.8, 4) is 0 Å². The largest absolute Gasteiger partial charge is 0.389 e. The smallest absolute Gasteiger partial charge is 0.134 e. The van der Waals surface area contributed by atoms with Gasteiger partial charge in [-0.3, -0.25) is 0 Å². The zero-order valence-electron chi connectivity index (χ0n) is 7.21. The molecule has 0 aliphatic carbocycles. The van der Waals surface area contributed by atoms with Crippen LogP contribution in [0.15, 0.2) is 23.1 Å². The maximum atomic E-state index is 13.2. The molecule has 0 radical (unpaired) electrons. The average molecular weight is 215 g/mol. The molecule has 0 aliphatic rings. The van der Waals surface area contributed by atoms with Crippen LogP contribution >= 0.6 is 24.0 Å². The van der Waals surface area contributed by atoms with Crippen molar-refractivity contribution in [3.63, 3.8) is 0 Å². The van der Waals surface area contributed by atoms with Crippen LogP contribution < -0.4 is 5.73 Å². The maximum Gasteiger partial charge on any atom is 0.134 e. The molecule has 0 atom stereocenters. The summed E-state index contributed by atoms with van der Waals surface area (Å²) < 4.78 is 13.2. The number of rotatable bonds is 3. The molecule has 0 aromatic heterocycles. The number of benzene rings is 1. The quantitative estimate of drug-likeness (QED) is 0.620. The van der Waals surface area contributed by atoms with E-state index in [4.69, 9.17) is 18.0 Å². The Morgan fingerprint density at radius 1 is 1.62 bits per heavy atom. The molecule has 0 saturated heterocycles. The van der Waals surface area contributed by atoms with E-state index in [9.17, 15) is 4.39 Å². The molecule has 13 heavy (non-hydrogen) atoms. The van der Waals surface area contributed by atoms with Crippen LogP contribution in [0.4, 0.5) is 4.39 Å². The van der Waals surface area contributed by atoms with Crippen LogP contribution in [-0.4, -0.2) is 10.7 Å². The topological polar surface area (TPSA) is 26.0 Å². The van der Waals surface area contributed by atoms with Crippen molar-refractivity contribution in [2.45, 2.75) is 11.8 Å². The number of thiocarbonyl (C=S) groups is 1. The summed E-state index contributed by atoms with van der Waals surface area (Å²) in [6, 6.07) is 4.86. The number of thioether (sulfide) groups is 1. The minimum Gasteiger partial charge on any atom is -0.389 e. The van der Waals surface area contributed by atoms with E-state index < -0.39 is 0 Å². The van der Waals surface area contributed by atoms with Crippen molar-refractivity contribution in [1.82, 2.24) is 0 Å². The first-order valence-electron chi connectivity index (χ1n) is 3.88. The van der Waals surface area contributed by atoms with Crippen LogP contribution in [0.2, 0.25) is 0 Å². The summed E-state index contributed by atoms with van der Waals surface area (Å²) in [6.07, 6.45) is 0. The van der Waals surface area contributed by atoms with Crippen molar-refractivity contribution >= 4 is 29.0 Å². The molecule has 0 saturated carbocycles. The Morgan fingerprint density at radius 2 is 2.31 bits per heavy atom. The van der Waals surface area contributed by atoms with Crippen LogP contribution in [0.5, 0.6) is 0 Å². The minimum atomic E-state index is -0.342. The van der Waals surface area contributed by atoms with Gasteiger partial charge in [-0.2, -0.15) is 0 Å². The van der Waals surface area contributed by atoms with Gasteiger partial charge in [-0.15, -0.1) is 11.8 Å². The van der Waals surface area contributed by atoms with Crippen molar-refractivity contribution in [2.75, 3.05) is 5.75 Å². The van der Waals surface area contributed by atoms with Crippen molar-refractivity contribution in [3.05, 3.63) is 29.6 Å². The van der Waals surface area contributed by atoms with Gasteiger partial charge in [0.05, 0.1) is 5.56 Å². The molecular formula is C9H10FNS2. The Kier molecular flexibility index (Phi) is 3.69. The van der Waals surface area contributed by atoms with Gasteiger partial charge in [0, 0.05) is 4.90 Å². The molecule has 0 aliphatic heterocycles. The molecule has 1 nitrogen and oxygen atoms in total. The van der Waals surface area contributed by atoms with Crippen LogP contribution in [0.1, 0.15) is 12.5 Å². The minimum absolute atomic E-state index is 0.119. The molecule has 0 amide bonds. The SMILES string of the molecule is CCSc1cccc(F)c1C(N)=S. The first-order chi connectivity index (χ1) is 6.16.